The van der Waals surface area contributed by atoms with Crippen molar-refractivity contribution in [2.24, 2.45) is 5.92 Å². The molecule has 0 saturated carbocycles. The highest BCUT2D eigenvalue weighted by molar-refractivity contribution is 7.89. The molecule has 0 aliphatic carbocycles. The second-order valence-corrected chi connectivity index (χ2v) is 10.2. The lowest BCUT2D eigenvalue weighted by Crippen LogP contribution is -2.73. The first-order chi connectivity index (χ1) is 14.8. The summed E-state index contributed by atoms with van der Waals surface area (Å²) in [5, 5.41) is 9.93. The Balaban J connectivity index is 1.60. The Morgan fingerprint density at radius 3 is 2.39 bits per heavy atom. The van der Waals surface area contributed by atoms with Crippen LogP contribution in [0.1, 0.15) is 30.9 Å². The molecule has 1 amide bonds. The SMILES string of the molecule is CC(C)C#Cc1ccc([C@@H]2[C@@H](CO)N3C(=O)CN(S(=O)(=O)c4ccccc4)C[C@@H]23)cc1. The van der Waals surface area contributed by atoms with E-state index in [1.54, 1.807) is 23.1 Å². The lowest BCUT2D eigenvalue weighted by Gasteiger charge is -2.58. The van der Waals surface area contributed by atoms with Gasteiger partial charge in [0.15, 0.2) is 0 Å². The number of piperazine rings is 1. The number of hydrogen-bond acceptors (Lipinski definition) is 4. The van der Waals surface area contributed by atoms with Gasteiger partial charge in [-0.15, -0.1) is 0 Å². The zero-order valence-corrected chi connectivity index (χ0v) is 18.4. The van der Waals surface area contributed by atoms with Gasteiger partial charge in [0, 0.05) is 23.9 Å². The van der Waals surface area contributed by atoms with Crippen molar-refractivity contribution < 1.29 is 18.3 Å². The normalized spacial score (nSPS) is 23.7. The lowest BCUT2D eigenvalue weighted by molar-refractivity contribution is -0.158. The highest BCUT2D eigenvalue weighted by atomic mass is 32.2. The molecule has 2 fully saturated rings. The zero-order valence-electron chi connectivity index (χ0n) is 17.6. The molecule has 3 atom stereocenters. The van der Waals surface area contributed by atoms with E-state index in [0.717, 1.165) is 11.1 Å². The molecule has 2 aromatic rings. The highest BCUT2D eigenvalue weighted by Crippen LogP contribution is 2.43. The molecule has 2 heterocycles. The summed E-state index contributed by atoms with van der Waals surface area (Å²) >= 11 is 0. The summed E-state index contributed by atoms with van der Waals surface area (Å²) in [6.45, 7) is 3.91. The standard InChI is InChI=1S/C24H26N2O4S/c1-17(2)8-9-18-10-12-19(13-11-18)24-21-14-25(15-23(28)26(21)22(24)16-27)31(29,30)20-6-4-3-5-7-20/h3-7,10-13,17,21-22,24,27H,14-16H2,1-2H3/t21-,22+,24-/m0/s1. The van der Waals surface area contributed by atoms with Crippen LogP contribution >= 0.6 is 0 Å². The maximum atomic E-state index is 13.1. The van der Waals surface area contributed by atoms with Crippen LogP contribution in [0.25, 0.3) is 0 Å². The van der Waals surface area contributed by atoms with E-state index in [1.165, 1.54) is 16.4 Å². The van der Waals surface area contributed by atoms with Crippen LogP contribution in [0.4, 0.5) is 0 Å². The van der Waals surface area contributed by atoms with E-state index in [2.05, 4.69) is 11.8 Å². The van der Waals surface area contributed by atoms with E-state index < -0.39 is 10.0 Å². The molecule has 0 aromatic heterocycles. The predicted molar refractivity (Wildman–Crippen MR) is 118 cm³/mol. The minimum absolute atomic E-state index is 0.130. The van der Waals surface area contributed by atoms with Crippen molar-refractivity contribution in [3.8, 4) is 11.8 Å². The maximum absolute atomic E-state index is 13.1. The Morgan fingerprint density at radius 1 is 1.10 bits per heavy atom. The van der Waals surface area contributed by atoms with Crippen LogP contribution in [0, 0.1) is 17.8 Å². The van der Waals surface area contributed by atoms with Crippen LogP contribution in [0.5, 0.6) is 0 Å². The molecule has 2 aliphatic rings. The van der Waals surface area contributed by atoms with Gasteiger partial charge in [0.2, 0.25) is 15.9 Å². The number of fused-ring (bicyclic) bond motifs is 1. The van der Waals surface area contributed by atoms with Gasteiger partial charge in [-0.2, -0.15) is 4.31 Å². The number of rotatable bonds is 4. The molecule has 7 heteroatoms. The fraction of sp³-hybridized carbons (Fsp3) is 0.375. The minimum Gasteiger partial charge on any atom is -0.394 e. The van der Waals surface area contributed by atoms with E-state index in [-0.39, 0.29) is 54.4 Å². The Bertz CT molecular complexity index is 1120. The Labute approximate surface area is 183 Å². The first kappa shape index (κ1) is 21.6. The number of carbonyl (C=O) groups is 1. The van der Waals surface area contributed by atoms with Gasteiger partial charge in [0.25, 0.3) is 0 Å². The second kappa shape index (κ2) is 8.46. The Hall–Kier alpha value is -2.66. The largest absolute Gasteiger partial charge is 0.394 e. The van der Waals surface area contributed by atoms with Gasteiger partial charge in [-0.1, -0.05) is 56.0 Å². The first-order valence-electron chi connectivity index (χ1n) is 10.4. The number of carbonyl (C=O) groups excluding carboxylic acids is 1. The van der Waals surface area contributed by atoms with Gasteiger partial charge in [-0.05, 0) is 29.8 Å². The Kier molecular flexibility index (Phi) is 5.89. The van der Waals surface area contributed by atoms with Gasteiger partial charge in [-0.3, -0.25) is 4.79 Å². The third-order valence-electron chi connectivity index (χ3n) is 5.90. The quantitative estimate of drug-likeness (QED) is 0.742. The molecule has 162 valence electrons. The number of benzene rings is 2. The first-order valence-corrected chi connectivity index (χ1v) is 11.9. The fourth-order valence-electron chi connectivity index (χ4n) is 4.41. The van der Waals surface area contributed by atoms with E-state index in [9.17, 15) is 18.3 Å². The molecule has 4 rings (SSSR count). The fourth-order valence-corrected chi connectivity index (χ4v) is 5.84. The van der Waals surface area contributed by atoms with Crippen LogP contribution in [0.3, 0.4) is 0 Å². The third-order valence-corrected chi connectivity index (χ3v) is 7.73. The smallest absolute Gasteiger partial charge is 0.243 e. The average molecular weight is 439 g/mol. The predicted octanol–water partition coefficient (Wildman–Crippen LogP) is 2.05. The van der Waals surface area contributed by atoms with Gasteiger partial charge in [0.1, 0.15) is 0 Å². The van der Waals surface area contributed by atoms with Gasteiger partial charge in [0.05, 0.1) is 30.1 Å². The second-order valence-electron chi connectivity index (χ2n) is 8.30. The van der Waals surface area contributed by atoms with Crippen LogP contribution in [0.2, 0.25) is 0 Å². The maximum Gasteiger partial charge on any atom is 0.243 e. The molecule has 2 saturated heterocycles. The summed E-state index contributed by atoms with van der Waals surface area (Å²) in [6, 6.07) is 15.3. The van der Waals surface area contributed by atoms with Crippen LogP contribution in [-0.2, 0) is 14.8 Å². The number of aliphatic hydroxyl groups excluding tert-OH is 1. The summed E-state index contributed by atoms with van der Waals surface area (Å²) in [5.41, 5.74) is 1.88. The molecule has 0 unspecified atom stereocenters. The van der Waals surface area contributed by atoms with Crippen molar-refractivity contribution in [2.75, 3.05) is 19.7 Å². The molecule has 0 spiro atoms. The topological polar surface area (TPSA) is 77.9 Å². The summed E-state index contributed by atoms with van der Waals surface area (Å²) in [4.78, 5) is 14.6. The number of nitrogens with zero attached hydrogens (tertiary/aromatic N) is 2. The van der Waals surface area contributed by atoms with Crippen LogP contribution in [0.15, 0.2) is 59.5 Å². The molecule has 2 aromatic carbocycles. The number of aliphatic hydroxyl groups is 1. The summed E-state index contributed by atoms with van der Waals surface area (Å²) < 4.78 is 27.4. The van der Waals surface area contributed by atoms with Crippen molar-refractivity contribution in [1.29, 1.82) is 0 Å². The van der Waals surface area contributed by atoms with Crippen LogP contribution in [-0.4, -0.2) is 60.4 Å². The highest BCUT2D eigenvalue weighted by Gasteiger charge is 2.55. The molecule has 1 N–H and O–H groups in total. The summed E-state index contributed by atoms with van der Waals surface area (Å²) in [7, 11) is -3.76. The number of amides is 1. The zero-order chi connectivity index (χ0) is 22.2. The Morgan fingerprint density at radius 2 is 1.77 bits per heavy atom. The summed E-state index contributed by atoms with van der Waals surface area (Å²) in [5.74, 6) is 6.14. The van der Waals surface area contributed by atoms with Crippen molar-refractivity contribution in [1.82, 2.24) is 9.21 Å². The molecule has 6 nitrogen and oxygen atoms in total. The summed E-state index contributed by atoms with van der Waals surface area (Å²) in [6.07, 6.45) is 0. The minimum atomic E-state index is -3.76. The molecule has 2 aliphatic heterocycles. The van der Waals surface area contributed by atoms with E-state index in [4.69, 9.17) is 0 Å². The average Bonchev–Trinajstić information content (AvgIpc) is 2.75. The third kappa shape index (κ3) is 3.99. The van der Waals surface area contributed by atoms with Gasteiger partial charge < -0.3 is 10.0 Å². The van der Waals surface area contributed by atoms with Crippen molar-refractivity contribution in [3.63, 3.8) is 0 Å². The van der Waals surface area contributed by atoms with Crippen molar-refractivity contribution in [2.45, 2.75) is 36.7 Å². The molecule has 31 heavy (non-hydrogen) atoms. The lowest BCUT2D eigenvalue weighted by atomic mass is 9.74. The van der Waals surface area contributed by atoms with Crippen molar-refractivity contribution >= 4 is 15.9 Å². The molecular formula is C24H26N2O4S. The van der Waals surface area contributed by atoms with Crippen molar-refractivity contribution in [3.05, 3.63) is 65.7 Å². The van der Waals surface area contributed by atoms with Crippen LogP contribution < -0.4 is 0 Å². The van der Waals surface area contributed by atoms with Gasteiger partial charge in [-0.25, -0.2) is 8.42 Å². The van der Waals surface area contributed by atoms with E-state index >= 15 is 0 Å². The number of hydrogen-bond donors (Lipinski definition) is 1. The monoisotopic (exact) mass is 438 g/mol. The van der Waals surface area contributed by atoms with Gasteiger partial charge >= 0.3 is 0 Å². The molecule has 0 bridgehead atoms. The van der Waals surface area contributed by atoms with E-state index in [0.29, 0.717) is 0 Å². The van der Waals surface area contributed by atoms with E-state index in [1.807, 2.05) is 38.1 Å². The number of sulfonamides is 1. The molecule has 0 radical (unpaired) electrons. The molecular weight excluding hydrogens is 412 g/mol.